The van der Waals surface area contributed by atoms with Crippen LogP contribution >= 0.6 is 0 Å². The zero-order valence-electron chi connectivity index (χ0n) is 12.2. The molecule has 0 saturated heterocycles. The molecule has 1 rings (SSSR count). The minimum absolute atomic E-state index is 0.0243. The molecule has 0 fully saturated rings. The lowest BCUT2D eigenvalue weighted by molar-refractivity contribution is 0.244. The van der Waals surface area contributed by atoms with Crippen molar-refractivity contribution in [3.05, 3.63) is 17.7 Å². The highest BCUT2D eigenvalue weighted by Crippen LogP contribution is 2.39. The fraction of sp³-hybridized carbons (Fsp3) is 0.538. The number of hydrogen-bond donors (Lipinski definition) is 2. The summed E-state index contributed by atoms with van der Waals surface area (Å²) in [6, 6.07) is 3.77. The van der Waals surface area contributed by atoms with Crippen molar-refractivity contribution in [1.82, 2.24) is 10.4 Å². The summed E-state index contributed by atoms with van der Waals surface area (Å²) in [6.07, 6.45) is 0. The smallest absolute Gasteiger partial charge is 0.203 e. The Morgan fingerprint density at radius 3 is 1.95 bits per heavy atom. The largest absolute Gasteiger partial charge is 0.493 e. The molecule has 1 atom stereocenters. The molecule has 6 nitrogen and oxygen atoms in total. The Balaban J connectivity index is 3.20. The molecule has 1 aromatic carbocycles. The van der Waals surface area contributed by atoms with Gasteiger partial charge in [-0.25, -0.2) is 10.4 Å². The molecule has 0 aliphatic carbocycles. The monoisotopic (exact) mass is 269 g/mol. The van der Waals surface area contributed by atoms with Crippen LogP contribution in [0.4, 0.5) is 0 Å². The van der Waals surface area contributed by atoms with Gasteiger partial charge in [0.15, 0.2) is 11.5 Å². The van der Waals surface area contributed by atoms with Crippen LogP contribution in [0.15, 0.2) is 12.1 Å². The van der Waals surface area contributed by atoms with E-state index < -0.39 is 0 Å². The van der Waals surface area contributed by atoms with Gasteiger partial charge in [-0.3, -0.25) is 0 Å². The molecule has 1 unspecified atom stereocenters. The highest BCUT2D eigenvalue weighted by molar-refractivity contribution is 5.54. The van der Waals surface area contributed by atoms with Crippen LogP contribution in [-0.4, -0.2) is 47.0 Å². The van der Waals surface area contributed by atoms with Gasteiger partial charge >= 0.3 is 0 Å². The number of rotatable bonds is 7. The van der Waals surface area contributed by atoms with E-state index in [1.807, 2.05) is 31.2 Å². The summed E-state index contributed by atoms with van der Waals surface area (Å²) in [5, 5.41) is 1.86. The SMILES string of the molecule is COc1cc(C(CN)NN(C)C)cc(OC)c1OC. The average Bonchev–Trinajstić information content (AvgIpc) is 2.42. The van der Waals surface area contributed by atoms with Crippen LogP contribution < -0.4 is 25.4 Å². The van der Waals surface area contributed by atoms with Crippen molar-refractivity contribution in [2.24, 2.45) is 5.73 Å². The molecule has 0 aromatic heterocycles. The molecular weight excluding hydrogens is 246 g/mol. The number of nitrogens with one attached hydrogen (secondary N) is 1. The summed E-state index contributed by atoms with van der Waals surface area (Å²) in [4.78, 5) is 0. The van der Waals surface area contributed by atoms with Gasteiger partial charge in [-0.1, -0.05) is 0 Å². The maximum Gasteiger partial charge on any atom is 0.203 e. The quantitative estimate of drug-likeness (QED) is 0.713. The van der Waals surface area contributed by atoms with Crippen molar-refractivity contribution >= 4 is 0 Å². The van der Waals surface area contributed by atoms with E-state index >= 15 is 0 Å². The van der Waals surface area contributed by atoms with E-state index in [4.69, 9.17) is 19.9 Å². The van der Waals surface area contributed by atoms with E-state index in [0.29, 0.717) is 23.8 Å². The van der Waals surface area contributed by atoms with Crippen molar-refractivity contribution in [2.75, 3.05) is 42.0 Å². The molecule has 6 heteroatoms. The summed E-state index contributed by atoms with van der Waals surface area (Å²) in [5.41, 5.74) is 10.0. The molecule has 0 amide bonds. The van der Waals surface area contributed by atoms with Gasteiger partial charge in [0.05, 0.1) is 27.4 Å². The first kappa shape index (κ1) is 15.6. The van der Waals surface area contributed by atoms with E-state index in [1.165, 1.54) is 0 Å². The van der Waals surface area contributed by atoms with Crippen molar-refractivity contribution in [1.29, 1.82) is 0 Å². The molecule has 0 radical (unpaired) electrons. The van der Waals surface area contributed by atoms with Crippen molar-refractivity contribution in [2.45, 2.75) is 6.04 Å². The zero-order chi connectivity index (χ0) is 14.4. The first-order valence-electron chi connectivity index (χ1n) is 6.00. The average molecular weight is 269 g/mol. The van der Waals surface area contributed by atoms with Crippen LogP contribution in [0.1, 0.15) is 11.6 Å². The summed E-state index contributed by atoms with van der Waals surface area (Å²) in [7, 11) is 8.61. The van der Waals surface area contributed by atoms with Crippen LogP contribution in [0.5, 0.6) is 17.2 Å². The second kappa shape index (κ2) is 7.18. The standard InChI is InChI=1S/C13H23N3O3/c1-16(2)15-10(8-14)9-6-11(17-3)13(19-5)12(7-9)18-4/h6-7,10,15H,8,14H2,1-5H3. The van der Waals surface area contributed by atoms with Crippen molar-refractivity contribution in [3.8, 4) is 17.2 Å². The van der Waals surface area contributed by atoms with Crippen LogP contribution in [0.2, 0.25) is 0 Å². The van der Waals surface area contributed by atoms with Crippen molar-refractivity contribution < 1.29 is 14.2 Å². The lowest BCUT2D eigenvalue weighted by Gasteiger charge is -2.23. The van der Waals surface area contributed by atoms with E-state index in [-0.39, 0.29) is 6.04 Å². The fourth-order valence-electron chi connectivity index (χ4n) is 1.88. The Kier molecular flexibility index (Phi) is 5.88. The molecule has 0 heterocycles. The second-order valence-corrected chi connectivity index (χ2v) is 4.27. The van der Waals surface area contributed by atoms with Gasteiger partial charge in [0.25, 0.3) is 0 Å². The number of benzene rings is 1. The van der Waals surface area contributed by atoms with Crippen LogP contribution in [0, 0.1) is 0 Å². The number of ether oxygens (including phenoxy) is 3. The van der Waals surface area contributed by atoms with Gasteiger partial charge in [-0.05, 0) is 17.7 Å². The predicted octanol–water partition coefficient (Wildman–Crippen LogP) is 0.778. The Morgan fingerprint density at radius 1 is 1.11 bits per heavy atom. The normalized spacial score (nSPS) is 12.4. The number of nitrogens with zero attached hydrogens (tertiary/aromatic N) is 1. The maximum absolute atomic E-state index is 5.80. The molecule has 0 aliphatic heterocycles. The summed E-state index contributed by atoms with van der Waals surface area (Å²) >= 11 is 0. The molecular formula is C13H23N3O3. The second-order valence-electron chi connectivity index (χ2n) is 4.27. The van der Waals surface area contributed by atoms with E-state index in [0.717, 1.165) is 5.56 Å². The van der Waals surface area contributed by atoms with Gasteiger partial charge in [-0.2, -0.15) is 0 Å². The first-order chi connectivity index (χ1) is 9.07. The van der Waals surface area contributed by atoms with Crippen LogP contribution in [0.25, 0.3) is 0 Å². The summed E-state index contributed by atoms with van der Waals surface area (Å²) in [6.45, 7) is 0.455. The zero-order valence-corrected chi connectivity index (χ0v) is 12.2. The van der Waals surface area contributed by atoms with E-state index in [1.54, 1.807) is 21.3 Å². The van der Waals surface area contributed by atoms with Gasteiger partial charge in [0.1, 0.15) is 0 Å². The molecule has 3 N–H and O–H groups in total. The van der Waals surface area contributed by atoms with Crippen LogP contribution in [0.3, 0.4) is 0 Å². The minimum Gasteiger partial charge on any atom is -0.493 e. The Labute approximate surface area is 114 Å². The van der Waals surface area contributed by atoms with Gasteiger partial charge in [0, 0.05) is 20.6 Å². The highest BCUT2D eigenvalue weighted by Gasteiger charge is 2.18. The lowest BCUT2D eigenvalue weighted by atomic mass is 10.1. The Morgan fingerprint density at radius 2 is 1.63 bits per heavy atom. The Bertz CT molecular complexity index is 385. The third-order valence-corrected chi connectivity index (χ3v) is 2.74. The molecule has 108 valence electrons. The molecule has 0 saturated carbocycles. The third kappa shape index (κ3) is 3.73. The number of methoxy groups -OCH3 is 3. The number of nitrogens with two attached hydrogens (primary N) is 1. The molecule has 1 aromatic rings. The van der Waals surface area contributed by atoms with Gasteiger partial charge < -0.3 is 19.9 Å². The number of hydrogen-bond acceptors (Lipinski definition) is 6. The van der Waals surface area contributed by atoms with E-state index in [2.05, 4.69) is 5.43 Å². The van der Waals surface area contributed by atoms with E-state index in [9.17, 15) is 0 Å². The molecule has 19 heavy (non-hydrogen) atoms. The maximum atomic E-state index is 5.80. The minimum atomic E-state index is -0.0243. The first-order valence-corrected chi connectivity index (χ1v) is 6.00. The van der Waals surface area contributed by atoms with Gasteiger partial charge in [-0.15, -0.1) is 0 Å². The number of hydrazine groups is 1. The summed E-state index contributed by atoms with van der Waals surface area (Å²) in [5.74, 6) is 1.82. The molecule has 0 spiro atoms. The fourth-order valence-corrected chi connectivity index (χ4v) is 1.88. The molecule has 0 bridgehead atoms. The van der Waals surface area contributed by atoms with Crippen LogP contribution in [-0.2, 0) is 0 Å². The Hall–Kier alpha value is -1.50. The molecule has 0 aliphatic rings. The third-order valence-electron chi connectivity index (χ3n) is 2.74. The lowest BCUT2D eigenvalue weighted by Crippen LogP contribution is -2.38. The predicted molar refractivity (Wildman–Crippen MR) is 74.7 cm³/mol. The highest BCUT2D eigenvalue weighted by atomic mass is 16.5. The topological polar surface area (TPSA) is 69.0 Å². The summed E-state index contributed by atoms with van der Waals surface area (Å²) < 4.78 is 16.0. The van der Waals surface area contributed by atoms with Gasteiger partial charge in [0.2, 0.25) is 5.75 Å². The van der Waals surface area contributed by atoms with Crippen molar-refractivity contribution in [3.63, 3.8) is 0 Å².